The summed E-state index contributed by atoms with van der Waals surface area (Å²) in [4.78, 5) is 0. The highest BCUT2D eigenvalue weighted by Gasteiger charge is 2.39. The van der Waals surface area contributed by atoms with Crippen molar-refractivity contribution >= 4 is 8.24 Å². The van der Waals surface area contributed by atoms with Crippen molar-refractivity contribution in [3.05, 3.63) is 0 Å². The summed E-state index contributed by atoms with van der Waals surface area (Å²) in [5, 5.41) is 6.74. The van der Waals surface area contributed by atoms with E-state index in [9.17, 15) is 0 Å². The van der Waals surface area contributed by atoms with Crippen LogP contribution in [0.25, 0.3) is 0 Å². The molecule has 0 heterocycles. The van der Waals surface area contributed by atoms with Crippen LogP contribution < -0.4 is 5.40 Å². The highest BCUT2D eigenvalue weighted by molar-refractivity contribution is 6.78. The predicted molar refractivity (Wildman–Crippen MR) is 59.8 cm³/mol. The van der Waals surface area contributed by atoms with E-state index in [2.05, 4.69) is 48.1 Å². The lowest BCUT2D eigenvalue weighted by Gasteiger charge is -2.40. The summed E-state index contributed by atoms with van der Waals surface area (Å²) in [6, 6.07) is 1.20. The molecule has 0 aromatic carbocycles. The molecule has 1 unspecified atom stereocenters. The van der Waals surface area contributed by atoms with Crippen molar-refractivity contribution in [1.29, 1.82) is 0 Å². The van der Waals surface area contributed by atoms with Crippen LogP contribution in [-0.2, 0) is 0 Å². The molecule has 0 aliphatic heterocycles. The molecule has 1 nitrogen and oxygen atoms in total. The predicted octanol–water partition coefficient (Wildman–Crippen LogP) is 3.37. The molecule has 0 aliphatic carbocycles. The lowest BCUT2D eigenvalue weighted by Crippen LogP contribution is -2.52. The Morgan fingerprint density at radius 3 is 1.42 bits per heavy atom. The summed E-state index contributed by atoms with van der Waals surface area (Å²) < 4.78 is 0. The lowest BCUT2D eigenvalue weighted by molar-refractivity contribution is 0.451. The summed E-state index contributed by atoms with van der Waals surface area (Å²) in [5.41, 5.74) is 0.378. The van der Waals surface area contributed by atoms with Crippen LogP contribution in [0.15, 0.2) is 0 Å². The first-order valence-corrected chi connectivity index (χ1v) is 7.53. The summed E-state index contributed by atoms with van der Waals surface area (Å²) in [6.45, 7) is 15.9. The Kier molecular flexibility index (Phi) is 3.19. The maximum absolute atomic E-state index is 6.42. The van der Waals surface area contributed by atoms with E-state index < -0.39 is 8.24 Å². The molecule has 0 saturated carbocycles. The van der Waals surface area contributed by atoms with Gasteiger partial charge in [-0.2, -0.15) is 0 Å². The molecule has 0 rings (SSSR count). The second-order valence-electron chi connectivity index (χ2n) is 6.40. The van der Waals surface area contributed by atoms with Crippen molar-refractivity contribution in [3.8, 4) is 0 Å². The third-order valence-corrected chi connectivity index (χ3v) is 7.83. The van der Waals surface area contributed by atoms with Crippen LogP contribution >= 0.6 is 0 Å². The molecule has 0 fully saturated rings. The van der Waals surface area contributed by atoms with E-state index in [1.165, 1.54) is 6.04 Å². The average Bonchev–Trinajstić information content (AvgIpc) is 1.52. The Labute approximate surface area is 78.8 Å². The zero-order chi connectivity index (χ0) is 10.2. The van der Waals surface area contributed by atoms with Crippen LogP contribution in [-0.4, -0.2) is 8.24 Å². The van der Waals surface area contributed by atoms with Crippen molar-refractivity contribution in [3.63, 3.8) is 0 Å². The van der Waals surface area contributed by atoms with E-state index in [4.69, 9.17) is 5.40 Å². The van der Waals surface area contributed by atoms with E-state index in [-0.39, 0.29) is 0 Å². The van der Waals surface area contributed by atoms with Gasteiger partial charge in [0.1, 0.15) is 8.24 Å². The minimum atomic E-state index is -1.54. The second-order valence-corrected chi connectivity index (χ2v) is 11.1. The van der Waals surface area contributed by atoms with Gasteiger partial charge in [0.25, 0.3) is 0 Å². The van der Waals surface area contributed by atoms with Crippen LogP contribution in [0.5, 0.6) is 0 Å². The van der Waals surface area contributed by atoms with Gasteiger partial charge in [0.2, 0.25) is 0 Å². The Morgan fingerprint density at radius 2 is 1.33 bits per heavy atom. The molecule has 2 N–H and O–H groups in total. The van der Waals surface area contributed by atoms with Crippen molar-refractivity contribution in [2.45, 2.75) is 59.2 Å². The Bertz CT molecular complexity index is 148. The van der Waals surface area contributed by atoms with Gasteiger partial charge in [0, 0.05) is 0 Å². The fourth-order valence-electron chi connectivity index (χ4n) is 1.37. The van der Waals surface area contributed by atoms with E-state index in [1.807, 2.05) is 0 Å². The summed E-state index contributed by atoms with van der Waals surface area (Å²) in [5.74, 6) is 0. The van der Waals surface area contributed by atoms with Crippen molar-refractivity contribution in [2.75, 3.05) is 0 Å². The maximum atomic E-state index is 6.42. The molecule has 0 spiro atoms. The third-order valence-electron chi connectivity index (χ3n) is 2.61. The fourth-order valence-corrected chi connectivity index (χ4v) is 4.10. The molecule has 0 amide bonds. The van der Waals surface area contributed by atoms with Gasteiger partial charge in [-0.15, -0.1) is 0 Å². The first-order chi connectivity index (χ1) is 4.96. The first kappa shape index (κ1) is 12.2. The van der Waals surface area contributed by atoms with Gasteiger partial charge in [-0.1, -0.05) is 48.1 Å². The quantitative estimate of drug-likeness (QED) is 0.626. The SMILES string of the molecule is CC(C)(C)C[Si](C)(N)C(C)(C)C. The molecular formula is C10H25NSi. The number of rotatable bonds is 1. The molecule has 0 aromatic heterocycles. The Balaban J connectivity index is 4.44. The average molecular weight is 187 g/mol. The van der Waals surface area contributed by atoms with Gasteiger partial charge >= 0.3 is 0 Å². The minimum absolute atomic E-state index is 0.320. The highest BCUT2D eigenvalue weighted by atomic mass is 28.3. The number of hydrogen-bond donors (Lipinski definition) is 1. The highest BCUT2D eigenvalue weighted by Crippen LogP contribution is 2.39. The van der Waals surface area contributed by atoms with Gasteiger partial charge in [-0.3, -0.25) is 0 Å². The minimum Gasteiger partial charge on any atom is -0.350 e. The smallest absolute Gasteiger partial charge is 0.125 e. The topological polar surface area (TPSA) is 26.0 Å². The molecule has 74 valence electrons. The van der Waals surface area contributed by atoms with Crippen LogP contribution in [0, 0.1) is 5.41 Å². The van der Waals surface area contributed by atoms with Crippen LogP contribution in [0.2, 0.25) is 17.6 Å². The monoisotopic (exact) mass is 187 g/mol. The molecule has 0 aliphatic rings. The molecule has 2 heteroatoms. The zero-order valence-corrected chi connectivity index (χ0v) is 10.8. The van der Waals surface area contributed by atoms with Crippen molar-refractivity contribution in [1.82, 2.24) is 0 Å². The standard InChI is InChI=1S/C10H25NSi/c1-9(2,3)8-12(7,11)10(4,5)6/h8,11H2,1-7H3. The van der Waals surface area contributed by atoms with Gasteiger partial charge in [0.05, 0.1) is 0 Å². The fraction of sp³-hybridized carbons (Fsp3) is 1.00. The van der Waals surface area contributed by atoms with Gasteiger partial charge in [0.15, 0.2) is 0 Å². The number of hydrogen-bond acceptors (Lipinski definition) is 1. The van der Waals surface area contributed by atoms with Crippen LogP contribution in [0.4, 0.5) is 0 Å². The molecule has 0 bridgehead atoms. The summed E-state index contributed by atoms with van der Waals surface area (Å²) in [7, 11) is -1.54. The first-order valence-electron chi connectivity index (χ1n) is 4.75. The maximum Gasteiger partial charge on any atom is 0.125 e. The van der Waals surface area contributed by atoms with Gasteiger partial charge < -0.3 is 5.40 Å². The molecule has 12 heavy (non-hydrogen) atoms. The van der Waals surface area contributed by atoms with Gasteiger partial charge in [-0.05, 0) is 16.5 Å². The van der Waals surface area contributed by atoms with E-state index in [0.717, 1.165) is 0 Å². The van der Waals surface area contributed by atoms with Crippen molar-refractivity contribution < 1.29 is 0 Å². The molecule has 0 radical (unpaired) electrons. The van der Waals surface area contributed by atoms with Crippen LogP contribution in [0.1, 0.15) is 41.5 Å². The van der Waals surface area contributed by atoms with Crippen LogP contribution in [0.3, 0.4) is 0 Å². The Hall–Kier alpha value is 0.177. The molecule has 0 aromatic rings. The van der Waals surface area contributed by atoms with Gasteiger partial charge in [-0.25, -0.2) is 0 Å². The molecular weight excluding hydrogens is 162 g/mol. The van der Waals surface area contributed by atoms with E-state index in [0.29, 0.717) is 10.5 Å². The lowest BCUT2D eigenvalue weighted by atomic mass is 10.0. The van der Waals surface area contributed by atoms with Crippen molar-refractivity contribution in [2.24, 2.45) is 10.8 Å². The molecule has 1 atom stereocenters. The zero-order valence-electron chi connectivity index (χ0n) is 9.78. The summed E-state index contributed by atoms with van der Waals surface area (Å²) >= 11 is 0. The van der Waals surface area contributed by atoms with E-state index in [1.54, 1.807) is 0 Å². The number of nitrogens with two attached hydrogens (primary N) is 1. The second kappa shape index (κ2) is 3.15. The summed E-state index contributed by atoms with van der Waals surface area (Å²) in [6.07, 6.45) is 0. The largest absolute Gasteiger partial charge is 0.350 e. The molecule has 0 saturated heterocycles. The third kappa shape index (κ3) is 3.72. The van der Waals surface area contributed by atoms with E-state index >= 15 is 0 Å². The Morgan fingerprint density at radius 1 is 1.00 bits per heavy atom. The normalized spacial score (nSPS) is 19.0.